The number of aliphatic hydroxyl groups excluding tert-OH is 2. The number of allylic oxidation sites excluding steroid dienone is 2. The first kappa shape index (κ1) is 26.6. The van der Waals surface area contributed by atoms with E-state index in [1.807, 2.05) is 0 Å². The number of benzene rings is 3. The second-order valence-electron chi connectivity index (χ2n) is 9.75. The van der Waals surface area contributed by atoms with Crippen LogP contribution in [0.5, 0.6) is 23.0 Å². The van der Waals surface area contributed by atoms with E-state index in [1.54, 1.807) is 30.3 Å². The summed E-state index contributed by atoms with van der Waals surface area (Å²) >= 11 is 0. The molecule has 2 aliphatic rings. The summed E-state index contributed by atoms with van der Waals surface area (Å²) in [4.78, 5) is 26.2. The predicted molar refractivity (Wildman–Crippen MR) is 152 cm³/mol. The number of aromatic hydroxyl groups is 2. The molecule has 0 fully saturated rings. The van der Waals surface area contributed by atoms with Gasteiger partial charge in [0.25, 0.3) is 0 Å². The van der Waals surface area contributed by atoms with Gasteiger partial charge in [-0.1, -0.05) is 0 Å². The number of hydrogen-bond donors (Lipinski definition) is 4. The summed E-state index contributed by atoms with van der Waals surface area (Å²) in [5, 5.41) is 41.8. The minimum Gasteiger partial charge on any atom is -0.511 e. The van der Waals surface area contributed by atoms with Gasteiger partial charge in [-0.2, -0.15) is 0 Å². The van der Waals surface area contributed by atoms with Crippen LogP contribution in [0.1, 0.15) is 11.1 Å². The summed E-state index contributed by atoms with van der Waals surface area (Å²) in [5.74, 6) is -1.61. The molecule has 4 N–H and O–H groups in total. The van der Waals surface area contributed by atoms with Crippen LogP contribution in [0, 0.1) is 5.92 Å². The average molecular weight is 569 g/mol. The van der Waals surface area contributed by atoms with Crippen molar-refractivity contribution in [3.05, 3.63) is 106 Å². The van der Waals surface area contributed by atoms with Gasteiger partial charge in [-0.3, -0.25) is 9.59 Å². The number of ketones is 1. The Labute approximate surface area is 238 Å². The minimum absolute atomic E-state index is 0.00737. The van der Waals surface area contributed by atoms with Gasteiger partial charge in [0.05, 0.1) is 14.2 Å². The van der Waals surface area contributed by atoms with Crippen LogP contribution >= 0.6 is 0 Å². The number of carbonyl (C=O) groups is 1. The fraction of sp³-hybridized carbons (Fsp3) is 0.125. The van der Waals surface area contributed by atoms with E-state index in [-0.39, 0.29) is 51.1 Å². The molecule has 0 saturated carbocycles. The molecule has 2 atom stereocenters. The van der Waals surface area contributed by atoms with Gasteiger partial charge in [0, 0.05) is 52.6 Å². The van der Waals surface area contributed by atoms with Gasteiger partial charge in [0.1, 0.15) is 69.0 Å². The normalized spacial score (nSPS) is 18.2. The maximum Gasteiger partial charge on any atom is 0.197 e. The van der Waals surface area contributed by atoms with Crippen LogP contribution < -0.4 is 14.9 Å². The molecule has 4 aromatic rings. The molecule has 0 bridgehead atoms. The van der Waals surface area contributed by atoms with E-state index in [0.29, 0.717) is 28.2 Å². The van der Waals surface area contributed by atoms with Crippen LogP contribution in [0.3, 0.4) is 0 Å². The standard InChI is InChI=1S/C32H24O10/c1-39-18-10-20(34)30-23(37)13-27(41-28(30)11-18)16-5-8-25(40-2)19(9-16)29-21(35)12-22(36)31-24(38)14-26(42-32(29)31)15-3-6-17(33)7-4-15/h3-14,31-36H,1-2H3. The van der Waals surface area contributed by atoms with Crippen LogP contribution in [-0.4, -0.2) is 46.5 Å². The Morgan fingerprint density at radius 3 is 2.26 bits per heavy atom. The summed E-state index contributed by atoms with van der Waals surface area (Å²) in [5.41, 5.74) is 1.02. The molecule has 42 heavy (non-hydrogen) atoms. The van der Waals surface area contributed by atoms with Crippen molar-refractivity contribution in [2.75, 3.05) is 14.2 Å². The SMILES string of the molecule is COc1cc(O)c2c(=O)cc(-c3ccc(OC)c(C4=C(O)C=C(O)C5C(=O)C=C(c6ccc(O)cc6)OC45)c3)oc2c1. The summed E-state index contributed by atoms with van der Waals surface area (Å²) in [6.07, 6.45) is 1.21. The third-order valence-electron chi connectivity index (χ3n) is 7.25. The molecule has 6 rings (SSSR count). The fourth-order valence-corrected chi connectivity index (χ4v) is 5.23. The topological polar surface area (TPSA) is 156 Å². The number of carbonyl (C=O) groups excluding carboxylic acids is 1. The molecule has 1 aliphatic heterocycles. The van der Waals surface area contributed by atoms with Crippen LogP contribution in [0.15, 0.2) is 93.5 Å². The Hall–Kier alpha value is -5.64. The van der Waals surface area contributed by atoms with E-state index < -0.39 is 23.2 Å². The highest BCUT2D eigenvalue weighted by molar-refractivity contribution is 6.03. The number of phenols is 2. The summed E-state index contributed by atoms with van der Waals surface area (Å²) in [7, 11) is 2.85. The average Bonchev–Trinajstić information content (AvgIpc) is 2.96. The number of methoxy groups -OCH3 is 2. The Morgan fingerprint density at radius 2 is 1.55 bits per heavy atom. The molecular formula is C32H24O10. The highest BCUT2D eigenvalue weighted by atomic mass is 16.5. The number of rotatable bonds is 5. The monoisotopic (exact) mass is 568 g/mol. The molecule has 2 heterocycles. The van der Waals surface area contributed by atoms with E-state index in [4.69, 9.17) is 18.6 Å². The van der Waals surface area contributed by atoms with Crippen LogP contribution in [0.4, 0.5) is 0 Å². The lowest BCUT2D eigenvalue weighted by Crippen LogP contribution is -2.38. The number of hydrogen-bond acceptors (Lipinski definition) is 10. The number of fused-ring (bicyclic) bond motifs is 2. The van der Waals surface area contributed by atoms with Gasteiger partial charge < -0.3 is 39.1 Å². The first-order valence-electron chi connectivity index (χ1n) is 12.8. The fourth-order valence-electron chi connectivity index (χ4n) is 5.23. The summed E-state index contributed by atoms with van der Waals surface area (Å²) in [6.45, 7) is 0. The molecule has 1 aliphatic carbocycles. The first-order chi connectivity index (χ1) is 20.2. The van der Waals surface area contributed by atoms with Crippen molar-refractivity contribution in [1.82, 2.24) is 0 Å². The van der Waals surface area contributed by atoms with Gasteiger partial charge >= 0.3 is 0 Å². The molecular weight excluding hydrogens is 544 g/mol. The van der Waals surface area contributed by atoms with Crippen molar-refractivity contribution >= 4 is 28.1 Å². The van der Waals surface area contributed by atoms with Crippen molar-refractivity contribution in [3.63, 3.8) is 0 Å². The smallest absolute Gasteiger partial charge is 0.197 e. The third kappa shape index (κ3) is 4.39. The van der Waals surface area contributed by atoms with Crippen LogP contribution in [0.25, 0.3) is 33.6 Å². The lowest BCUT2D eigenvalue weighted by molar-refractivity contribution is -0.121. The number of phenolic OH excluding ortho intramolecular Hbond substituents is 2. The molecule has 212 valence electrons. The maximum atomic E-state index is 13.2. The van der Waals surface area contributed by atoms with Crippen LogP contribution in [-0.2, 0) is 9.53 Å². The van der Waals surface area contributed by atoms with Gasteiger partial charge in [-0.25, -0.2) is 0 Å². The second kappa shape index (κ2) is 10.1. The summed E-state index contributed by atoms with van der Waals surface area (Å²) < 4.78 is 23.0. The molecule has 0 radical (unpaired) electrons. The molecule has 1 aromatic heterocycles. The zero-order chi connectivity index (χ0) is 29.7. The van der Waals surface area contributed by atoms with Crippen molar-refractivity contribution < 1.29 is 43.8 Å². The Bertz CT molecular complexity index is 1910. The molecule has 0 saturated heterocycles. The molecule has 10 nitrogen and oxygen atoms in total. The van der Waals surface area contributed by atoms with Gasteiger partial charge in [-0.05, 0) is 42.5 Å². The van der Waals surface area contributed by atoms with E-state index in [0.717, 1.165) is 6.08 Å². The Kier molecular flexibility index (Phi) is 6.38. The zero-order valence-corrected chi connectivity index (χ0v) is 22.3. The lowest BCUT2D eigenvalue weighted by atomic mass is 9.80. The molecule has 3 aromatic carbocycles. The van der Waals surface area contributed by atoms with Crippen LogP contribution in [0.2, 0.25) is 0 Å². The first-order valence-corrected chi connectivity index (χ1v) is 12.8. The molecule has 2 unspecified atom stereocenters. The molecule has 0 amide bonds. The number of ether oxygens (including phenoxy) is 3. The van der Waals surface area contributed by atoms with Crippen molar-refractivity contribution in [2.45, 2.75) is 6.10 Å². The largest absolute Gasteiger partial charge is 0.511 e. The second-order valence-corrected chi connectivity index (χ2v) is 9.75. The Morgan fingerprint density at radius 1 is 0.810 bits per heavy atom. The zero-order valence-electron chi connectivity index (χ0n) is 22.3. The van der Waals surface area contributed by atoms with Crippen molar-refractivity contribution in [3.8, 4) is 34.3 Å². The third-order valence-corrected chi connectivity index (χ3v) is 7.25. The molecule has 10 heteroatoms. The predicted octanol–water partition coefficient (Wildman–Crippen LogP) is 5.24. The van der Waals surface area contributed by atoms with Crippen molar-refractivity contribution in [1.29, 1.82) is 0 Å². The van der Waals surface area contributed by atoms with E-state index in [1.165, 1.54) is 50.6 Å². The van der Waals surface area contributed by atoms with E-state index in [2.05, 4.69) is 0 Å². The lowest BCUT2D eigenvalue weighted by Gasteiger charge is -2.35. The van der Waals surface area contributed by atoms with Gasteiger partial charge in [0.2, 0.25) is 0 Å². The van der Waals surface area contributed by atoms with Gasteiger partial charge in [-0.15, -0.1) is 0 Å². The van der Waals surface area contributed by atoms with E-state index in [9.17, 15) is 30.0 Å². The highest BCUT2D eigenvalue weighted by Crippen LogP contribution is 2.45. The van der Waals surface area contributed by atoms with Crippen molar-refractivity contribution in [2.24, 2.45) is 5.92 Å². The molecule has 0 spiro atoms. The summed E-state index contributed by atoms with van der Waals surface area (Å²) in [6, 6.07) is 14.9. The Balaban J connectivity index is 1.49. The van der Waals surface area contributed by atoms with Gasteiger partial charge in [0.15, 0.2) is 11.2 Å². The maximum absolute atomic E-state index is 13.2. The minimum atomic E-state index is -1.15. The quantitative estimate of drug-likeness (QED) is 0.251. The number of aliphatic hydroxyl groups is 2. The van der Waals surface area contributed by atoms with E-state index >= 15 is 0 Å². The highest BCUT2D eigenvalue weighted by Gasteiger charge is 2.44.